The van der Waals surface area contributed by atoms with Gasteiger partial charge in [-0.25, -0.2) is 4.79 Å². The SMILES string of the molecule is CCOC(=O)c1[nH]c2ccc(Oc3c(C(F)(F)F)cc(N)cc3C(F)(F)F)cc2c1C. The number of H-pyrrole nitrogens is 1. The van der Waals surface area contributed by atoms with Gasteiger partial charge in [-0.15, -0.1) is 0 Å². The lowest BCUT2D eigenvalue weighted by atomic mass is 10.1. The molecule has 0 bridgehead atoms. The van der Waals surface area contributed by atoms with Crippen LogP contribution in [0.15, 0.2) is 30.3 Å². The number of fused-ring (bicyclic) bond motifs is 1. The Morgan fingerprint density at radius 1 is 1.03 bits per heavy atom. The first-order chi connectivity index (χ1) is 14.3. The Balaban J connectivity index is 2.14. The average molecular weight is 446 g/mol. The van der Waals surface area contributed by atoms with Crippen molar-refractivity contribution in [2.45, 2.75) is 26.2 Å². The van der Waals surface area contributed by atoms with E-state index in [0.29, 0.717) is 28.6 Å². The first-order valence-corrected chi connectivity index (χ1v) is 8.88. The number of aromatic amines is 1. The van der Waals surface area contributed by atoms with E-state index in [1.54, 1.807) is 13.8 Å². The molecule has 2 aromatic carbocycles. The van der Waals surface area contributed by atoms with Gasteiger partial charge < -0.3 is 20.2 Å². The molecule has 0 aliphatic heterocycles. The van der Waals surface area contributed by atoms with E-state index in [9.17, 15) is 31.1 Å². The molecule has 0 amide bonds. The summed E-state index contributed by atoms with van der Waals surface area (Å²) in [5.41, 5.74) is 2.20. The summed E-state index contributed by atoms with van der Waals surface area (Å²) in [7, 11) is 0. The van der Waals surface area contributed by atoms with E-state index in [4.69, 9.17) is 15.2 Å². The molecule has 1 heterocycles. The molecule has 0 spiro atoms. The summed E-state index contributed by atoms with van der Waals surface area (Å²) < 4.78 is 90.6. The molecule has 11 heteroatoms. The third-order valence-electron chi connectivity index (χ3n) is 4.45. The quantitative estimate of drug-likeness (QED) is 0.290. The van der Waals surface area contributed by atoms with Crippen molar-refractivity contribution in [3.8, 4) is 11.5 Å². The monoisotopic (exact) mass is 446 g/mol. The standard InChI is InChI=1S/C20H16F6N2O3/c1-3-30-18(29)16-9(2)12-8-11(4-5-15(12)28-16)31-17-13(19(21,22)23)6-10(27)7-14(17)20(24,25)26/h4-8,28H,3,27H2,1-2H3. The number of nitrogen functional groups attached to an aromatic ring is 1. The highest BCUT2D eigenvalue weighted by atomic mass is 19.4. The molecule has 0 saturated carbocycles. The van der Waals surface area contributed by atoms with Crippen LogP contribution >= 0.6 is 0 Å². The number of hydrogen-bond acceptors (Lipinski definition) is 4. The predicted molar refractivity (Wildman–Crippen MR) is 99.9 cm³/mol. The fourth-order valence-corrected chi connectivity index (χ4v) is 3.08. The third kappa shape index (κ3) is 4.39. The molecule has 5 nitrogen and oxygen atoms in total. The van der Waals surface area contributed by atoms with E-state index in [2.05, 4.69) is 4.98 Å². The Morgan fingerprint density at radius 2 is 1.61 bits per heavy atom. The molecule has 1 aromatic heterocycles. The van der Waals surface area contributed by atoms with Gasteiger partial charge in [-0.3, -0.25) is 0 Å². The lowest BCUT2D eigenvalue weighted by molar-refractivity contribution is -0.144. The molecule has 166 valence electrons. The van der Waals surface area contributed by atoms with Crippen LogP contribution < -0.4 is 10.5 Å². The number of nitrogens with two attached hydrogens (primary N) is 1. The van der Waals surface area contributed by atoms with Gasteiger partial charge in [-0.05, 0) is 49.7 Å². The average Bonchev–Trinajstić information content (AvgIpc) is 2.98. The van der Waals surface area contributed by atoms with Crippen molar-refractivity contribution in [3.05, 3.63) is 52.7 Å². The summed E-state index contributed by atoms with van der Waals surface area (Å²) in [5, 5.41) is 0.373. The molecule has 0 aliphatic rings. The molecular formula is C20H16F6N2O3. The lowest BCUT2D eigenvalue weighted by Crippen LogP contribution is -2.15. The molecule has 0 fully saturated rings. The van der Waals surface area contributed by atoms with Crippen molar-refractivity contribution in [1.29, 1.82) is 0 Å². The molecule has 3 rings (SSSR count). The largest absolute Gasteiger partial charge is 0.461 e. The predicted octanol–water partition coefficient (Wildman–Crippen LogP) is 6.07. The molecule has 3 aromatic rings. The van der Waals surface area contributed by atoms with Gasteiger partial charge in [0.2, 0.25) is 0 Å². The Bertz CT molecular complexity index is 1110. The van der Waals surface area contributed by atoms with E-state index in [1.807, 2.05) is 0 Å². The molecule has 0 radical (unpaired) electrons. The smallest absolute Gasteiger partial charge is 0.420 e. The van der Waals surface area contributed by atoms with Crippen LogP contribution in [0.2, 0.25) is 0 Å². The Hall–Kier alpha value is -3.37. The number of halogens is 6. The van der Waals surface area contributed by atoms with E-state index in [1.165, 1.54) is 18.2 Å². The fourth-order valence-electron chi connectivity index (χ4n) is 3.08. The molecule has 3 N–H and O–H groups in total. The second-order valence-corrected chi connectivity index (χ2v) is 6.60. The first-order valence-electron chi connectivity index (χ1n) is 8.88. The molecule has 0 aliphatic carbocycles. The number of benzene rings is 2. The second-order valence-electron chi connectivity index (χ2n) is 6.60. The van der Waals surface area contributed by atoms with E-state index in [0.717, 1.165) is 0 Å². The molecule has 0 unspecified atom stereocenters. The topological polar surface area (TPSA) is 77.3 Å². The summed E-state index contributed by atoms with van der Waals surface area (Å²) >= 11 is 0. The molecule has 31 heavy (non-hydrogen) atoms. The highest BCUT2D eigenvalue weighted by Gasteiger charge is 2.43. The third-order valence-corrected chi connectivity index (χ3v) is 4.45. The van der Waals surface area contributed by atoms with Crippen molar-refractivity contribution < 1.29 is 40.6 Å². The Morgan fingerprint density at radius 3 is 2.13 bits per heavy atom. The van der Waals surface area contributed by atoms with Gasteiger partial charge in [0.25, 0.3) is 0 Å². The van der Waals surface area contributed by atoms with Gasteiger partial charge in [-0.1, -0.05) is 0 Å². The zero-order chi connectivity index (χ0) is 23.1. The fraction of sp³-hybridized carbons (Fsp3) is 0.250. The van der Waals surface area contributed by atoms with Crippen LogP contribution in [0.4, 0.5) is 32.0 Å². The van der Waals surface area contributed by atoms with E-state index in [-0.39, 0.29) is 18.1 Å². The Kier molecular flexibility index (Phi) is 5.55. The summed E-state index contributed by atoms with van der Waals surface area (Å²) in [6.07, 6.45) is -10.3. The summed E-state index contributed by atoms with van der Waals surface area (Å²) in [6, 6.07) is 4.55. The number of nitrogens with one attached hydrogen (secondary N) is 1. The summed E-state index contributed by atoms with van der Waals surface area (Å²) in [6.45, 7) is 3.30. The maximum absolute atomic E-state index is 13.4. The number of carbonyl (C=O) groups excluding carboxylic acids is 1. The van der Waals surface area contributed by atoms with Gasteiger partial charge in [0.1, 0.15) is 22.6 Å². The summed E-state index contributed by atoms with van der Waals surface area (Å²) in [4.78, 5) is 14.8. The van der Waals surface area contributed by atoms with Gasteiger partial charge in [-0.2, -0.15) is 26.3 Å². The summed E-state index contributed by atoms with van der Waals surface area (Å²) in [5.74, 6) is -2.34. The highest BCUT2D eigenvalue weighted by molar-refractivity contribution is 5.98. The highest BCUT2D eigenvalue weighted by Crippen LogP contribution is 2.47. The first kappa shape index (κ1) is 22.3. The zero-order valence-electron chi connectivity index (χ0n) is 16.2. The number of hydrogen-bond donors (Lipinski definition) is 2. The van der Waals surface area contributed by atoms with Crippen molar-refractivity contribution >= 4 is 22.6 Å². The minimum atomic E-state index is -5.14. The lowest BCUT2D eigenvalue weighted by Gasteiger charge is -2.20. The van der Waals surface area contributed by atoms with Crippen molar-refractivity contribution in [2.24, 2.45) is 0 Å². The number of aryl methyl sites for hydroxylation is 1. The number of carbonyl (C=O) groups is 1. The zero-order valence-corrected chi connectivity index (χ0v) is 16.2. The number of esters is 1. The molecular weight excluding hydrogens is 430 g/mol. The number of rotatable bonds is 4. The Labute approximate surface area is 171 Å². The number of alkyl halides is 6. The van der Waals surface area contributed by atoms with Crippen LogP contribution in [0.5, 0.6) is 11.5 Å². The van der Waals surface area contributed by atoms with Crippen LogP contribution in [0, 0.1) is 6.92 Å². The van der Waals surface area contributed by atoms with Crippen molar-refractivity contribution in [3.63, 3.8) is 0 Å². The maximum atomic E-state index is 13.4. The van der Waals surface area contributed by atoms with Gasteiger partial charge >= 0.3 is 18.3 Å². The van der Waals surface area contributed by atoms with Crippen molar-refractivity contribution in [1.82, 2.24) is 4.98 Å². The van der Waals surface area contributed by atoms with Gasteiger partial charge in [0.05, 0.1) is 6.61 Å². The minimum absolute atomic E-state index is 0.119. The number of anilines is 1. The van der Waals surface area contributed by atoms with Gasteiger partial charge in [0.15, 0.2) is 5.75 Å². The van der Waals surface area contributed by atoms with Crippen molar-refractivity contribution in [2.75, 3.05) is 12.3 Å². The molecule has 0 saturated heterocycles. The van der Waals surface area contributed by atoms with Gasteiger partial charge in [0, 0.05) is 16.6 Å². The number of aromatic nitrogens is 1. The maximum Gasteiger partial charge on any atom is 0.420 e. The second kappa shape index (κ2) is 7.71. The van der Waals surface area contributed by atoms with Crippen LogP contribution in [0.1, 0.15) is 34.1 Å². The van der Waals surface area contributed by atoms with E-state index < -0.39 is 40.9 Å². The molecule has 0 atom stereocenters. The van der Waals surface area contributed by atoms with Crippen LogP contribution in [0.25, 0.3) is 10.9 Å². The minimum Gasteiger partial charge on any atom is -0.461 e. The van der Waals surface area contributed by atoms with E-state index >= 15 is 0 Å². The normalized spacial score (nSPS) is 12.3. The van der Waals surface area contributed by atoms with Crippen LogP contribution in [0.3, 0.4) is 0 Å². The van der Waals surface area contributed by atoms with Crippen LogP contribution in [-0.2, 0) is 17.1 Å². The van der Waals surface area contributed by atoms with Crippen LogP contribution in [-0.4, -0.2) is 17.6 Å². The number of ether oxygens (including phenoxy) is 2.